The van der Waals surface area contributed by atoms with Crippen molar-refractivity contribution >= 4 is 28.7 Å². The molecule has 4 nitrogen and oxygen atoms in total. The van der Waals surface area contributed by atoms with E-state index in [2.05, 4.69) is 0 Å². The van der Waals surface area contributed by atoms with Gasteiger partial charge in [0.15, 0.2) is 5.58 Å². The van der Waals surface area contributed by atoms with Crippen molar-refractivity contribution < 1.29 is 14.3 Å². The van der Waals surface area contributed by atoms with E-state index in [4.69, 9.17) is 16.0 Å². The molecular weight excluding hydrogens is 350 g/mol. The van der Waals surface area contributed by atoms with Gasteiger partial charge in [-0.2, -0.15) is 0 Å². The number of carboxylic acids is 1. The number of hydrogen-bond acceptors (Lipinski definition) is 2. The number of aryl methyl sites for hydroxylation is 1. The van der Waals surface area contributed by atoms with Crippen LogP contribution in [-0.4, -0.2) is 15.6 Å². The van der Waals surface area contributed by atoms with Crippen LogP contribution in [0.15, 0.2) is 65.1 Å². The molecular formula is C21H16ClNO3. The lowest BCUT2D eigenvalue weighted by atomic mass is 10.1. The normalized spacial score (nSPS) is 11.2. The molecule has 0 unspecified atom stereocenters. The lowest BCUT2D eigenvalue weighted by Crippen LogP contribution is -2.09. The summed E-state index contributed by atoms with van der Waals surface area (Å²) in [6.45, 7) is 2.49. The van der Waals surface area contributed by atoms with Crippen LogP contribution in [0.25, 0.3) is 22.4 Å². The fourth-order valence-corrected chi connectivity index (χ4v) is 3.15. The Morgan fingerprint density at radius 2 is 1.77 bits per heavy atom. The quantitative estimate of drug-likeness (QED) is 0.511. The Labute approximate surface area is 155 Å². The molecule has 0 bridgehead atoms. The average molecular weight is 366 g/mol. The maximum atomic E-state index is 11.6. The van der Waals surface area contributed by atoms with Crippen LogP contribution in [0.1, 0.15) is 21.6 Å². The molecule has 0 spiro atoms. The van der Waals surface area contributed by atoms with Gasteiger partial charge in [0.1, 0.15) is 11.5 Å². The first-order valence-corrected chi connectivity index (χ1v) is 8.57. The number of aromatic carboxylic acids is 1. The van der Waals surface area contributed by atoms with Gasteiger partial charge in [0, 0.05) is 29.3 Å². The summed E-state index contributed by atoms with van der Waals surface area (Å²) in [5, 5.41) is 10.2. The van der Waals surface area contributed by atoms with Crippen molar-refractivity contribution in [2.45, 2.75) is 13.5 Å². The van der Waals surface area contributed by atoms with Crippen molar-refractivity contribution in [3.8, 4) is 11.3 Å². The molecule has 1 N–H and O–H groups in total. The fourth-order valence-electron chi connectivity index (χ4n) is 3.02. The van der Waals surface area contributed by atoms with Gasteiger partial charge in [-0.05, 0) is 36.8 Å². The second kappa shape index (κ2) is 6.39. The Kier molecular flexibility index (Phi) is 4.05. The second-order valence-electron chi connectivity index (χ2n) is 6.27. The number of benzene rings is 2. The first kappa shape index (κ1) is 16.5. The van der Waals surface area contributed by atoms with Gasteiger partial charge in [-0.3, -0.25) is 0 Å². The molecule has 5 heteroatoms. The van der Waals surface area contributed by atoms with Gasteiger partial charge in [-0.25, -0.2) is 4.79 Å². The molecule has 0 amide bonds. The summed E-state index contributed by atoms with van der Waals surface area (Å²) in [7, 11) is 0. The Bertz CT molecular complexity index is 1090. The van der Waals surface area contributed by atoms with Gasteiger partial charge in [-0.15, -0.1) is 0 Å². The fraction of sp³-hybridized carbons (Fsp3) is 0.0952. The molecule has 0 radical (unpaired) electrons. The standard InChI is InChI=1S/C21H16ClNO3/c1-13-2-4-14(5-3-13)12-23-17-10-19(15-6-8-16(22)9-7-15)26-20(17)11-18(23)21(24)25/h2-11H,12H2,1H3,(H,24,25). The Balaban J connectivity index is 1.80. The van der Waals surface area contributed by atoms with E-state index in [1.54, 1.807) is 22.8 Å². The minimum absolute atomic E-state index is 0.210. The molecule has 0 atom stereocenters. The molecule has 0 aliphatic heterocycles. The summed E-state index contributed by atoms with van der Waals surface area (Å²) in [5.41, 5.74) is 4.61. The van der Waals surface area contributed by atoms with Crippen LogP contribution < -0.4 is 0 Å². The van der Waals surface area contributed by atoms with Crippen molar-refractivity contribution in [3.05, 3.63) is 82.5 Å². The van der Waals surface area contributed by atoms with E-state index in [0.717, 1.165) is 22.2 Å². The first-order valence-electron chi connectivity index (χ1n) is 8.19. The van der Waals surface area contributed by atoms with Crippen LogP contribution in [0.5, 0.6) is 0 Å². The number of halogens is 1. The minimum Gasteiger partial charge on any atom is -0.477 e. The molecule has 4 aromatic rings. The Hall–Kier alpha value is -2.98. The van der Waals surface area contributed by atoms with Gasteiger partial charge >= 0.3 is 5.97 Å². The van der Waals surface area contributed by atoms with Crippen molar-refractivity contribution in [2.24, 2.45) is 0 Å². The highest BCUT2D eigenvalue weighted by Gasteiger charge is 2.19. The van der Waals surface area contributed by atoms with Gasteiger partial charge in [-0.1, -0.05) is 41.4 Å². The summed E-state index contributed by atoms with van der Waals surface area (Å²) >= 11 is 5.94. The highest BCUT2D eigenvalue weighted by molar-refractivity contribution is 6.30. The van der Waals surface area contributed by atoms with Gasteiger partial charge in [0.25, 0.3) is 0 Å². The van der Waals surface area contributed by atoms with Gasteiger partial charge in [0.2, 0.25) is 0 Å². The van der Waals surface area contributed by atoms with Gasteiger partial charge < -0.3 is 14.1 Å². The molecule has 0 saturated carbocycles. The van der Waals surface area contributed by atoms with Crippen LogP contribution in [0.4, 0.5) is 0 Å². The number of carbonyl (C=O) groups is 1. The lowest BCUT2D eigenvalue weighted by molar-refractivity contribution is 0.0686. The molecule has 0 saturated heterocycles. The summed E-state index contributed by atoms with van der Waals surface area (Å²) in [6, 6.07) is 18.9. The highest BCUT2D eigenvalue weighted by Crippen LogP contribution is 2.31. The molecule has 2 aromatic carbocycles. The predicted molar refractivity (Wildman–Crippen MR) is 102 cm³/mol. The number of rotatable bonds is 4. The number of fused-ring (bicyclic) bond motifs is 1. The van der Waals surface area contributed by atoms with E-state index in [0.29, 0.717) is 22.9 Å². The van der Waals surface area contributed by atoms with E-state index in [-0.39, 0.29) is 5.69 Å². The minimum atomic E-state index is -0.975. The SMILES string of the molecule is Cc1ccc(Cn2c(C(=O)O)cc3oc(-c4ccc(Cl)cc4)cc32)cc1. The number of nitrogens with zero attached hydrogens (tertiary/aromatic N) is 1. The van der Waals surface area contributed by atoms with Crippen molar-refractivity contribution in [1.82, 2.24) is 4.57 Å². The monoisotopic (exact) mass is 365 g/mol. The van der Waals surface area contributed by atoms with Crippen LogP contribution in [0.2, 0.25) is 5.02 Å². The van der Waals surface area contributed by atoms with Crippen LogP contribution >= 0.6 is 11.6 Å². The summed E-state index contributed by atoms with van der Waals surface area (Å²) in [5.74, 6) is -0.294. The van der Waals surface area contributed by atoms with Crippen molar-refractivity contribution in [2.75, 3.05) is 0 Å². The van der Waals surface area contributed by atoms with Crippen molar-refractivity contribution in [3.63, 3.8) is 0 Å². The van der Waals surface area contributed by atoms with Crippen molar-refractivity contribution in [1.29, 1.82) is 0 Å². The van der Waals surface area contributed by atoms with Crippen LogP contribution in [0.3, 0.4) is 0 Å². The third-order valence-corrected chi connectivity index (χ3v) is 4.65. The Morgan fingerprint density at radius 1 is 1.08 bits per heavy atom. The molecule has 26 heavy (non-hydrogen) atoms. The van der Waals surface area contributed by atoms with Crippen LogP contribution in [-0.2, 0) is 6.54 Å². The number of furan rings is 1. The zero-order valence-corrected chi connectivity index (χ0v) is 14.8. The number of hydrogen-bond donors (Lipinski definition) is 1. The smallest absolute Gasteiger partial charge is 0.352 e. The molecule has 0 fully saturated rings. The highest BCUT2D eigenvalue weighted by atomic mass is 35.5. The zero-order chi connectivity index (χ0) is 18.3. The maximum Gasteiger partial charge on any atom is 0.352 e. The largest absolute Gasteiger partial charge is 0.477 e. The molecule has 2 heterocycles. The van der Waals surface area contributed by atoms with E-state index >= 15 is 0 Å². The second-order valence-corrected chi connectivity index (χ2v) is 6.71. The third-order valence-electron chi connectivity index (χ3n) is 4.40. The molecule has 0 aliphatic rings. The zero-order valence-electron chi connectivity index (χ0n) is 14.1. The molecule has 4 rings (SSSR count). The van der Waals surface area contributed by atoms with E-state index in [1.165, 1.54) is 0 Å². The van der Waals surface area contributed by atoms with Crippen LogP contribution in [0, 0.1) is 6.92 Å². The topological polar surface area (TPSA) is 55.4 Å². The summed E-state index contributed by atoms with van der Waals surface area (Å²) in [4.78, 5) is 11.6. The van der Waals surface area contributed by atoms with E-state index in [9.17, 15) is 9.90 Å². The summed E-state index contributed by atoms with van der Waals surface area (Å²) < 4.78 is 7.66. The predicted octanol–water partition coefficient (Wildman–Crippen LogP) is 5.61. The van der Waals surface area contributed by atoms with E-state index in [1.807, 2.05) is 49.4 Å². The number of carboxylic acid groups (broad SMARTS) is 1. The molecule has 0 aliphatic carbocycles. The van der Waals surface area contributed by atoms with Gasteiger partial charge in [0.05, 0.1) is 5.52 Å². The average Bonchev–Trinajstić information content (AvgIpc) is 3.17. The third kappa shape index (κ3) is 3.00. The lowest BCUT2D eigenvalue weighted by Gasteiger charge is -2.08. The maximum absolute atomic E-state index is 11.6. The first-order chi connectivity index (χ1) is 12.5. The molecule has 130 valence electrons. The summed E-state index contributed by atoms with van der Waals surface area (Å²) in [6.07, 6.45) is 0. The molecule has 2 aromatic heterocycles. The Morgan fingerprint density at radius 3 is 2.42 bits per heavy atom. The number of aromatic nitrogens is 1. The van der Waals surface area contributed by atoms with E-state index < -0.39 is 5.97 Å².